The molecule has 1 aromatic heterocycles. The zero-order valence-corrected chi connectivity index (χ0v) is 19.2. The number of alkyl halides is 2. The Bertz CT molecular complexity index is 1190. The van der Waals surface area contributed by atoms with Crippen molar-refractivity contribution in [2.24, 2.45) is 0 Å². The molecule has 3 aromatic rings. The Balaban J connectivity index is 1.68. The maximum Gasteiger partial charge on any atom is 0.387 e. The highest BCUT2D eigenvalue weighted by atomic mass is 32.2. The van der Waals surface area contributed by atoms with Crippen molar-refractivity contribution in [2.75, 3.05) is 5.75 Å². The van der Waals surface area contributed by atoms with Crippen LogP contribution in [0, 0.1) is 0 Å². The van der Waals surface area contributed by atoms with Crippen LogP contribution in [-0.4, -0.2) is 44.8 Å². The van der Waals surface area contributed by atoms with E-state index in [4.69, 9.17) is 0 Å². The maximum atomic E-state index is 13.3. The van der Waals surface area contributed by atoms with Gasteiger partial charge in [-0.25, -0.2) is 4.98 Å². The summed E-state index contributed by atoms with van der Waals surface area (Å²) in [4.78, 5) is 32.9. The maximum absolute atomic E-state index is 13.3. The van der Waals surface area contributed by atoms with Gasteiger partial charge in [0.05, 0.1) is 22.3 Å². The lowest BCUT2D eigenvalue weighted by Crippen LogP contribution is -2.48. The lowest BCUT2D eigenvalue weighted by molar-refractivity contribution is -0.134. The summed E-state index contributed by atoms with van der Waals surface area (Å²) in [6.07, 6.45) is 3.07. The first kappa shape index (κ1) is 23.2. The number of aromatic nitrogens is 2. The molecule has 2 atom stereocenters. The molecule has 4 rings (SSSR count). The van der Waals surface area contributed by atoms with Crippen molar-refractivity contribution in [1.82, 2.24) is 14.5 Å². The van der Waals surface area contributed by atoms with Crippen LogP contribution in [0.2, 0.25) is 0 Å². The lowest BCUT2D eigenvalue weighted by atomic mass is 9.98. The molecule has 1 fully saturated rings. The van der Waals surface area contributed by atoms with Crippen molar-refractivity contribution in [1.29, 1.82) is 0 Å². The minimum Gasteiger partial charge on any atom is -0.435 e. The molecule has 0 spiro atoms. The third kappa shape index (κ3) is 5.03. The summed E-state index contributed by atoms with van der Waals surface area (Å²) < 4.78 is 30.8. The molecule has 0 unspecified atom stereocenters. The van der Waals surface area contributed by atoms with E-state index in [2.05, 4.69) is 23.6 Å². The number of likely N-dealkylation sites (tertiary alicyclic amines) is 1. The molecule has 1 saturated heterocycles. The largest absolute Gasteiger partial charge is 0.435 e. The Morgan fingerprint density at radius 1 is 1.12 bits per heavy atom. The number of thioether (sulfide) groups is 1. The highest BCUT2D eigenvalue weighted by molar-refractivity contribution is 7.99. The van der Waals surface area contributed by atoms with Gasteiger partial charge in [-0.3, -0.25) is 14.2 Å². The SMILES string of the molecule is C[C@H]1CCC[C@H](C)N1C(=O)CSc1nc2ccccc2c(=O)n1-c1ccc(OC(F)F)cc1. The van der Waals surface area contributed by atoms with Crippen LogP contribution in [0.5, 0.6) is 5.75 Å². The highest BCUT2D eigenvalue weighted by Gasteiger charge is 2.29. The minimum absolute atomic E-state index is 0.00648. The Morgan fingerprint density at radius 3 is 2.45 bits per heavy atom. The van der Waals surface area contributed by atoms with E-state index in [1.807, 2.05) is 4.90 Å². The van der Waals surface area contributed by atoms with Gasteiger partial charge in [-0.2, -0.15) is 8.78 Å². The van der Waals surface area contributed by atoms with Crippen molar-refractivity contribution >= 4 is 28.6 Å². The molecule has 9 heteroatoms. The number of carbonyl (C=O) groups is 1. The third-order valence-corrected chi connectivity index (χ3v) is 6.79. The minimum atomic E-state index is -2.93. The standard InChI is InChI=1S/C24H25F2N3O3S/c1-15-6-5-7-16(2)28(15)21(30)14-33-24-27-20-9-4-3-8-19(20)22(31)29(24)17-10-12-18(13-11-17)32-23(25)26/h3-4,8-13,15-16,23H,5-7,14H2,1-2H3/t15-,16-/m0/s1. The van der Waals surface area contributed by atoms with Crippen molar-refractivity contribution in [2.45, 2.75) is 57.0 Å². The fourth-order valence-electron chi connectivity index (χ4n) is 4.33. The predicted molar refractivity (Wildman–Crippen MR) is 124 cm³/mol. The van der Waals surface area contributed by atoms with Crippen LogP contribution in [0.1, 0.15) is 33.1 Å². The molecule has 174 valence electrons. The molecule has 0 bridgehead atoms. The van der Waals surface area contributed by atoms with Gasteiger partial charge < -0.3 is 9.64 Å². The molecule has 1 aliphatic heterocycles. The van der Waals surface area contributed by atoms with Crippen LogP contribution < -0.4 is 10.3 Å². The summed E-state index contributed by atoms with van der Waals surface area (Å²) in [5.41, 5.74) is 0.693. The number of nitrogens with zero attached hydrogens (tertiary/aromatic N) is 3. The number of hydrogen-bond donors (Lipinski definition) is 0. The number of fused-ring (bicyclic) bond motifs is 1. The number of halogens is 2. The van der Waals surface area contributed by atoms with Crippen molar-refractivity contribution < 1.29 is 18.3 Å². The first-order chi connectivity index (χ1) is 15.8. The molecular weight excluding hydrogens is 448 g/mol. The second-order valence-electron chi connectivity index (χ2n) is 8.14. The van der Waals surface area contributed by atoms with E-state index in [0.717, 1.165) is 19.3 Å². The quantitative estimate of drug-likeness (QED) is 0.378. The fraction of sp³-hybridized carbons (Fsp3) is 0.375. The van der Waals surface area contributed by atoms with Crippen molar-refractivity contribution in [3.63, 3.8) is 0 Å². The summed E-state index contributed by atoms with van der Waals surface area (Å²) in [5, 5.41) is 0.797. The monoisotopic (exact) mass is 473 g/mol. The zero-order valence-electron chi connectivity index (χ0n) is 18.4. The lowest BCUT2D eigenvalue weighted by Gasteiger charge is -2.39. The van der Waals surface area contributed by atoms with Crippen LogP contribution in [0.15, 0.2) is 58.5 Å². The molecule has 6 nitrogen and oxygen atoms in total. The number of amides is 1. The predicted octanol–water partition coefficient (Wildman–Crippen LogP) is 4.87. The van der Waals surface area contributed by atoms with Crippen molar-refractivity contribution in [3.8, 4) is 11.4 Å². The first-order valence-electron chi connectivity index (χ1n) is 10.9. The molecule has 2 heterocycles. The van der Waals surface area contributed by atoms with Crippen LogP contribution in [0.4, 0.5) is 8.78 Å². The van der Waals surface area contributed by atoms with Crippen LogP contribution >= 0.6 is 11.8 Å². The molecule has 0 saturated carbocycles. The summed E-state index contributed by atoms with van der Waals surface area (Å²) in [6, 6.07) is 13.1. The number of carbonyl (C=O) groups excluding carboxylic acids is 1. The molecule has 1 amide bonds. The van der Waals surface area contributed by atoms with E-state index in [1.165, 1.54) is 40.6 Å². The average molecular weight is 474 g/mol. The molecular formula is C24H25F2N3O3S. The van der Waals surface area contributed by atoms with Gasteiger partial charge in [0.1, 0.15) is 5.75 Å². The first-order valence-corrected chi connectivity index (χ1v) is 11.8. The topological polar surface area (TPSA) is 64.4 Å². The van der Waals surface area contributed by atoms with Gasteiger partial charge in [0.2, 0.25) is 5.91 Å². The normalized spacial score (nSPS) is 18.6. The van der Waals surface area contributed by atoms with Gasteiger partial charge in [-0.05, 0) is 69.5 Å². The van der Waals surface area contributed by atoms with E-state index >= 15 is 0 Å². The second kappa shape index (κ2) is 9.91. The van der Waals surface area contributed by atoms with E-state index < -0.39 is 6.61 Å². The summed E-state index contributed by atoms with van der Waals surface area (Å²) in [5.74, 6) is 0.147. The third-order valence-electron chi connectivity index (χ3n) is 5.87. The van der Waals surface area contributed by atoms with Gasteiger partial charge in [-0.15, -0.1) is 0 Å². The molecule has 2 aromatic carbocycles. The van der Waals surface area contributed by atoms with Gasteiger partial charge in [0.15, 0.2) is 5.16 Å². The number of rotatable bonds is 6. The van der Waals surface area contributed by atoms with Crippen LogP contribution in [0.25, 0.3) is 16.6 Å². The smallest absolute Gasteiger partial charge is 0.387 e. The fourth-order valence-corrected chi connectivity index (χ4v) is 5.21. The highest BCUT2D eigenvalue weighted by Crippen LogP contribution is 2.27. The van der Waals surface area contributed by atoms with Gasteiger partial charge in [0, 0.05) is 12.1 Å². The number of benzene rings is 2. The number of ether oxygens (including phenoxy) is 1. The molecule has 0 aliphatic carbocycles. The Kier molecular flexibility index (Phi) is 6.97. The second-order valence-corrected chi connectivity index (χ2v) is 9.09. The van der Waals surface area contributed by atoms with E-state index in [0.29, 0.717) is 21.7 Å². The van der Waals surface area contributed by atoms with Gasteiger partial charge >= 0.3 is 6.61 Å². The Morgan fingerprint density at radius 2 is 1.79 bits per heavy atom. The number of para-hydroxylation sites is 1. The number of piperidine rings is 1. The Labute approximate surface area is 194 Å². The Hall–Kier alpha value is -2.94. The van der Waals surface area contributed by atoms with E-state index in [9.17, 15) is 18.4 Å². The van der Waals surface area contributed by atoms with Gasteiger partial charge in [-0.1, -0.05) is 23.9 Å². The summed E-state index contributed by atoms with van der Waals surface area (Å²) in [6.45, 7) is 1.19. The molecule has 33 heavy (non-hydrogen) atoms. The van der Waals surface area contributed by atoms with E-state index in [-0.39, 0.29) is 35.1 Å². The van der Waals surface area contributed by atoms with Crippen molar-refractivity contribution in [3.05, 3.63) is 58.9 Å². The number of hydrogen-bond acceptors (Lipinski definition) is 5. The zero-order chi connectivity index (χ0) is 23.5. The molecule has 1 aliphatic rings. The molecule has 0 radical (unpaired) electrons. The van der Waals surface area contributed by atoms with Crippen LogP contribution in [-0.2, 0) is 4.79 Å². The summed E-state index contributed by atoms with van der Waals surface area (Å²) in [7, 11) is 0. The average Bonchev–Trinajstić information content (AvgIpc) is 2.78. The molecule has 0 N–H and O–H groups in total. The van der Waals surface area contributed by atoms with Crippen LogP contribution in [0.3, 0.4) is 0 Å². The van der Waals surface area contributed by atoms with Gasteiger partial charge in [0.25, 0.3) is 5.56 Å². The van der Waals surface area contributed by atoms with E-state index in [1.54, 1.807) is 24.3 Å². The summed E-state index contributed by atoms with van der Waals surface area (Å²) >= 11 is 1.20.